The van der Waals surface area contributed by atoms with Gasteiger partial charge in [0.2, 0.25) is 15.9 Å². The molecule has 1 heterocycles. The number of nitro benzene ring substituents is 1. The number of benzene rings is 1. The van der Waals surface area contributed by atoms with E-state index in [0.29, 0.717) is 25.9 Å². The number of ether oxygens (including phenoxy) is 1. The van der Waals surface area contributed by atoms with Crippen molar-refractivity contribution >= 4 is 33.3 Å². The fourth-order valence-corrected chi connectivity index (χ4v) is 4.70. The van der Waals surface area contributed by atoms with Crippen LogP contribution in [0.15, 0.2) is 24.3 Å². The molecule has 0 bridgehead atoms. The normalized spacial score (nSPS) is 16.2. The van der Waals surface area contributed by atoms with E-state index in [-0.39, 0.29) is 29.7 Å². The maximum absolute atomic E-state index is 13.1. The van der Waals surface area contributed by atoms with Gasteiger partial charge in [0.1, 0.15) is 6.04 Å². The van der Waals surface area contributed by atoms with Crippen LogP contribution in [-0.2, 0) is 24.3 Å². The third kappa shape index (κ3) is 5.22. The number of nitro groups is 1. The van der Waals surface area contributed by atoms with Crippen LogP contribution in [0.5, 0.6) is 0 Å². The van der Waals surface area contributed by atoms with Crippen LogP contribution in [0.3, 0.4) is 0 Å². The lowest BCUT2D eigenvalue weighted by Crippen LogP contribution is -2.52. The SMILES string of the molecule is CC[C@H](C(=O)N1CCC(C(=O)OC)CC1)N(c1cccc([N+](=O)[O-])c1)S(C)(=O)=O. The Hall–Kier alpha value is -2.69. The van der Waals surface area contributed by atoms with Crippen LogP contribution < -0.4 is 4.31 Å². The molecule has 2 rings (SSSR count). The number of amides is 1. The Morgan fingerprint density at radius 2 is 1.97 bits per heavy atom. The van der Waals surface area contributed by atoms with Gasteiger partial charge >= 0.3 is 5.97 Å². The minimum atomic E-state index is -3.89. The van der Waals surface area contributed by atoms with Gasteiger partial charge in [0.25, 0.3) is 5.69 Å². The molecule has 0 spiro atoms. The van der Waals surface area contributed by atoms with Crippen molar-refractivity contribution in [3.8, 4) is 0 Å². The summed E-state index contributed by atoms with van der Waals surface area (Å²) in [6, 6.07) is 4.16. The van der Waals surface area contributed by atoms with E-state index in [1.165, 1.54) is 30.2 Å². The summed E-state index contributed by atoms with van der Waals surface area (Å²) in [7, 11) is -2.58. The Morgan fingerprint density at radius 1 is 1.34 bits per heavy atom. The zero-order valence-electron chi connectivity index (χ0n) is 16.6. The van der Waals surface area contributed by atoms with Gasteiger partial charge in [-0.1, -0.05) is 13.0 Å². The first-order valence-electron chi connectivity index (χ1n) is 9.20. The Kier molecular flexibility index (Phi) is 7.17. The molecule has 160 valence electrons. The maximum Gasteiger partial charge on any atom is 0.308 e. The molecule has 1 aromatic carbocycles. The van der Waals surface area contributed by atoms with Crippen LogP contribution in [0, 0.1) is 16.0 Å². The lowest BCUT2D eigenvalue weighted by Gasteiger charge is -2.37. The second-order valence-corrected chi connectivity index (χ2v) is 8.74. The van der Waals surface area contributed by atoms with Gasteiger partial charge in [-0.15, -0.1) is 0 Å². The molecule has 0 radical (unpaired) electrons. The standard InChI is InChI=1S/C18H25N3O7S/c1-4-16(17(22)19-10-8-13(9-11-19)18(23)28-2)20(29(3,26)27)14-6-5-7-15(12-14)21(24)25/h5-7,12-13,16H,4,8-11H2,1-3H3/t16-/m1/s1. The summed E-state index contributed by atoms with van der Waals surface area (Å²) in [4.78, 5) is 36.8. The highest BCUT2D eigenvalue weighted by atomic mass is 32.2. The number of carbonyl (C=O) groups is 2. The first kappa shape index (κ1) is 22.6. The number of esters is 1. The van der Waals surface area contributed by atoms with Crippen molar-refractivity contribution < 1.29 is 27.7 Å². The van der Waals surface area contributed by atoms with E-state index in [2.05, 4.69) is 0 Å². The summed E-state index contributed by atoms with van der Waals surface area (Å²) in [5, 5.41) is 11.1. The predicted octanol–water partition coefficient (Wildman–Crippen LogP) is 1.55. The third-order valence-corrected chi connectivity index (χ3v) is 6.13. The van der Waals surface area contributed by atoms with Gasteiger partial charge in [-0.25, -0.2) is 8.42 Å². The van der Waals surface area contributed by atoms with Gasteiger partial charge in [0, 0.05) is 25.2 Å². The number of carbonyl (C=O) groups excluding carboxylic acids is 2. The van der Waals surface area contributed by atoms with Crippen LogP contribution in [0.2, 0.25) is 0 Å². The van der Waals surface area contributed by atoms with Crippen LogP contribution in [0.1, 0.15) is 26.2 Å². The number of hydrogen-bond donors (Lipinski definition) is 0. The van der Waals surface area contributed by atoms with E-state index in [4.69, 9.17) is 4.74 Å². The van der Waals surface area contributed by atoms with Gasteiger partial charge < -0.3 is 9.64 Å². The molecule has 0 aromatic heterocycles. The minimum Gasteiger partial charge on any atom is -0.469 e. The van der Waals surface area contributed by atoms with E-state index in [0.717, 1.165) is 16.6 Å². The summed E-state index contributed by atoms with van der Waals surface area (Å²) in [6.45, 7) is 2.29. The van der Waals surface area contributed by atoms with Crippen molar-refractivity contribution in [1.29, 1.82) is 0 Å². The lowest BCUT2D eigenvalue weighted by molar-refractivity contribution is -0.384. The first-order chi connectivity index (χ1) is 13.6. The molecular formula is C18H25N3O7S. The van der Waals surface area contributed by atoms with Crippen molar-refractivity contribution in [1.82, 2.24) is 4.90 Å². The molecule has 1 saturated heterocycles. The molecule has 29 heavy (non-hydrogen) atoms. The Labute approximate surface area is 169 Å². The van der Waals surface area contributed by atoms with Crippen LogP contribution in [-0.4, -0.2) is 62.6 Å². The number of anilines is 1. The topological polar surface area (TPSA) is 127 Å². The Morgan fingerprint density at radius 3 is 2.45 bits per heavy atom. The number of sulfonamides is 1. The highest BCUT2D eigenvalue weighted by Gasteiger charge is 2.37. The molecule has 1 fully saturated rings. The number of hydrogen-bond acceptors (Lipinski definition) is 7. The Bertz CT molecular complexity index is 879. The lowest BCUT2D eigenvalue weighted by atomic mass is 9.96. The fraction of sp³-hybridized carbons (Fsp3) is 0.556. The fourth-order valence-electron chi connectivity index (χ4n) is 3.50. The van der Waals surface area contributed by atoms with Crippen molar-refractivity contribution in [2.24, 2.45) is 5.92 Å². The van der Waals surface area contributed by atoms with Gasteiger partial charge in [-0.05, 0) is 25.3 Å². The molecule has 11 heteroatoms. The highest BCUT2D eigenvalue weighted by molar-refractivity contribution is 7.92. The summed E-state index contributed by atoms with van der Waals surface area (Å²) < 4.78 is 30.7. The van der Waals surface area contributed by atoms with Gasteiger partial charge in [-0.3, -0.25) is 24.0 Å². The van der Waals surface area contributed by atoms with E-state index in [1.54, 1.807) is 6.92 Å². The van der Waals surface area contributed by atoms with Gasteiger partial charge in [-0.2, -0.15) is 0 Å². The zero-order valence-corrected chi connectivity index (χ0v) is 17.4. The number of piperidine rings is 1. The maximum atomic E-state index is 13.1. The molecule has 0 aliphatic carbocycles. The molecule has 1 aliphatic heterocycles. The van der Waals surface area contributed by atoms with Gasteiger partial charge in [0.15, 0.2) is 0 Å². The molecule has 0 saturated carbocycles. The highest BCUT2D eigenvalue weighted by Crippen LogP contribution is 2.28. The number of rotatable bonds is 7. The van der Waals surface area contributed by atoms with E-state index in [1.807, 2.05) is 0 Å². The van der Waals surface area contributed by atoms with Crippen molar-refractivity contribution in [2.45, 2.75) is 32.2 Å². The van der Waals surface area contributed by atoms with E-state index >= 15 is 0 Å². The monoisotopic (exact) mass is 427 g/mol. The largest absolute Gasteiger partial charge is 0.469 e. The smallest absolute Gasteiger partial charge is 0.308 e. The zero-order chi connectivity index (χ0) is 21.8. The van der Waals surface area contributed by atoms with Crippen LogP contribution >= 0.6 is 0 Å². The quantitative estimate of drug-likeness (QED) is 0.367. The van der Waals surface area contributed by atoms with E-state index < -0.39 is 26.9 Å². The number of non-ortho nitro benzene ring substituents is 1. The van der Waals surface area contributed by atoms with Crippen LogP contribution in [0.4, 0.5) is 11.4 Å². The van der Waals surface area contributed by atoms with Gasteiger partial charge in [0.05, 0.1) is 29.9 Å². The van der Waals surface area contributed by atoms with Crippen LogP contribution in [0.25, 0.3) is 0 Å². The molecule has 1 atom stereocenters. The second-order valence-electron chi connectivity index (χ2n) is 6.88. The second kappa shape index (κ2) is 9.21. The molecular weight excluding hydrogens is 402 g/mol. The number of likely N-dealkylation sites (tertiary alicyclic amines) is 1. The van der Waals surface area contributed by atoms with Crippen molar-refractivity contribution in [3.05, 3.63) is 34.4 Å². The minimum absolute atomic E-state index is 0.0614. The Balaban J connectivity index is 2.30. The molecule has 0 unspecified atom stereocenters. The summed E-state index contributed by atoms with van der Waals surface area (Å²) in [5.41, 5.74) is -0.205. The van der Waals surface area contributed by atoms with Crippen molar-refractivity contribution in [3.63, 3.8) is 0 Å². The summed E-state index contributed by atoms with van der Waals surface area (Å²) in [6.07, 6.45) is 2.02. The molecule has 1 aromatic rings. The summed E-state index contributed by atoms with van der Waals surface area (Å²) >= 11 is 0. The molecule has 10 nitrogen and oxygen atoms in total. The number of methoxy groups -OCH3 is 1. The first-order valence-corrected chi connectivity index (χ1v) is 11.1. The third-order valence-electron chi connectivity index (χ3n) is 4.95. The summed E-state index contributed by atoms with van der Waals surface area (Å²) in [5.74, 6) is -1.00. The molecule has 1 aliphatic rings. The predicted molar refractivity (Wildman–Crippen MR) is 106 cm³/mol. The molecule has 1 amide bonds. The molecule has 0 N–H and O–H groups in total. The average molecular weight is 427 g/mol. The van der Waals surface area contributed by atoms with E-state index in [9.17, 15) is 28.1 Å². The van der Waals surface area contributed by atoms with Crippen molar-refractivity contribution in [2.75, 3.05) is 30.8 Å². The number of nitrogens with zero attached hydrogens (tertiary/aromatic N) is 3. The average Bonchev–Trinajstić information content (AvgIpc) is 2.70.